The van der Waals surface area contributed by atoms with Crippen molar-refractivity contribution in [3.8, 4) is 0 Å². The van der Waals surface area contributed by atoms with Gasteiger partial charge in [0.1, 0.15) is 0 Å². The summed E-state index contributed by atoms with van der Waals surface area (Å²) in [5.74, 6) is 0. The summed E-state index contributed by atoms with van der Waals surface area (Å²) in [5.41, 5.74) is 2.50. The van der Waals surface area contributed by atoms with E-state index in [-0.39, 0.29) is 0 Å². The van der Waals surface area contributed by atoms with E-state index in [4.69, 9.17) is 0 Å². The summed E-state index contributed by atoms with van der Waals surface area (Å²) < 4.78 is 1.01. The van der Waals surface area contributed by atoms with Gasteiger partial charge in [-0.3, -0.25) is 0 Å². The van der Waals surface area contributed by atoms with Crippen LogP contribution in [0.25, 0.3) is 6.08 Å². The zero-order chi connectivity index (χ0) is 8.97. The predicted molar refractivity (Wildman–Crippen MR) is 58.3 cm³/mol. The smallest absolute Gasteiger partial charge is 0.0175 e. The molecule has 0 nitrogen and oxygen atoms in total. The van der Waals surface area contributed by atoms with Crippen LogP contribution in [0, 0.1) is 6.92 Å². The van der Waals surface area contributed by atoms with E-state index in [1.165, 1.54) is 11.1 Å². The van der Waals surface area contributed by atoms with E-state index < -0.39 is 0 Å². The average molecular weight is 223 g/mol. The highest BCUT2D eigenvalue weighted by molar-refractivity contribution is 9.12. The van der Waals surface area contributed by atoms with Gasteiger partial charge in [0.2, 0.25) is 0 Å². The van der Waals surface area contributed by atoms with Crippen LogP contribution in [0.15, 0.2) is 41.4 Å². The van der Waals surface area contributed by atoms with Gasteiger partial charge in [0.05, 0.1) is 0 Å². The molecule has 1 aromatic carbocycles. The lowest BCUT2D eigenvalue weighted by Crippen LogP contribution is -1.78. The lowest BCUT2D eigenvalue weighted by molar-refractivity contribution is 1.44. The Hall–Kier alpha value is -0.820. The Kier molecular flexibility index (Phi) is 3.30. The van der Waals surface area contributed by atoms with Crippen molar-refractivity contribution in [2.75, 3.05) is 0 Å². The van der Waals surface area contributed by atoms with Gasteiger partial charge in [0.25, 0.3) is 0 Å². The molecule has 0 spiro atoms. The second kappa shape index (κ2) is 4.27. The van der Waals surface area contributed by atoms with Crippen LogP contribution < -0.4 is 0 Å². The minimum atomic E-state index is 1.01. The van der Waals surface area contributed by atoms with E-state index in [2.05, 4.69) is 47.6 Å². The molecule has 0 fully saturated rings. The highest BCUT2D eigenvalue weighted by Gasteiger charge is 1.92. The molecule has 62 valence electrons. The summed E-state index contributed by atoms with van der Waals surface area (Å²) in [7, 11) is 0. The third-order valence-corrected chi connectivity index (χ3v) is 2.23. The molecule has 0 heterocycles. The molecule has 0 saturated heterocycles. The molecule has 0 radical (unpaired) electrons. The van der Waals surface area contributed by atoms with Gasteiger partial charge in [-0.1, -0.05) is 52.9 Å². The highest BCUT2D eigenvalue weighted by atomic mass is 79.9. The van der Waals surface area contributed by atoms with Gasteiger partial charge < -0.3 is 0 Å². The topological polar surface area (TPSA) is 0 Å². The molecule has 0 bridgehead atoms. The SMILES string of the molecule is C=C/C(Br)=C\c1ccccc1C. The number of rotatable bonds is 2. The van der Waals surface area contributed by atoms with Gasteiger partial charge in [-0.25, -0.2) is 0 Å². The Morgan fingerprint density at radius 2 is 2.08 bits per heavy atom. The van der Waals surface area contributed by atoms with Gasteiger partial charge in [0.15, 0.2) is 0 Å². The van der Waals surface area contributed by atoms with E-state index in [0.29, 0.717) is 0 Å². The van der Waals surface area contributed by atoms with Crippen LogP contribution in [0.4, 0.5) is 0 Å². The second-order valence-electron chi connectivity index (χ2n) is 2.59. The maximum Gasteiger partial charge on any atom is 0.0175 e. The van der Waals surface area contributed by atoms with Crippen LogP contribution in [0.3, 0.4) is 0 Å². The first-order chi connectivity index (χ1) is 5.74. The Labute approximate surface area is 81.7 Å². The quantitative estimate of drug-likeness (QED) is 0.666. The number of aryl methyl sites for hydroxylation is 1. The number of allylic oxidation sites excluding steroid dienone is 2. The lowest BCUT2D eigenvalue weighted by atomic mass is 10.1. The van der Waals surface area contributed by atoms with Gasteiger partial charge in [-0.15, -0.1) is 0 Å². The fourth-order valence-corrected chi connectivity index (χ4v) is 1.20. The van der Waals surface area contributed by atoms with Gasteiger partial charge in [-0.05, 0) is 24.1 Å². The Balaban J connectivity index is 3.04. The molecule has 12 heavy (non-hydrogen) atoms. The molecule has 0 aliphatic carbocycles. The van der Waals surface area contributed by atoms with Crippen LogP contribution in [0.1, 0.15) is 11.1 Å². The summed E-state index contributed by atoms with van der Waals surface area (Å²) in [6.07, 6.45) is 3.84. The molecule has 0 N–H and O–H groups in total. The van der Waals surface area contributed by atoms with Gasteiger partial charge in [0, 0.05) is 4.48 Å². The standard InChI is InChI=1S/C11H11Br/c1-3-11(12)8-10-7-5-4-6-9(10)2/h3-8H,1H2,2H3/b11-8+. The first-order valence-corrected chi connectivity index (χ1v) is 4.58. The summed E-state index contributed by atoms with van der Waals surface area (Å²) in [5, 5.41) is 0. The molecule has 1 heteroatoms. The van der Waals surface area contributed by atoms with Crippen molar-refractivity contribution in [2.24, 2.45) is 0 Å². The van der Waals surface area contributed by atoms with Crippen LogP contribution in [-0.4, -0.2) is 0 Å². The molecule has 1 rings (SSSR count). The van der Waals surface area contributed by atoms with E-state index in [1.54, 1.807) is 6.08 Å². The maximum atomic E-state index is 3.67. The zero-order valence-electron chi connectivity index (χ0n) is 7.05. The fraction of sp³-hybridized carbons (Fsp3) is 0.0909. The molecule has 0 unspecified atom stereocenters. The van der Waals surface area contributed by atoms with Gasteiger partial charge >= 0.3 is 0 Å². The average Bonchev–Trinajstić information content (AvgIpc) is 2.09. The van der Waals surface area contributed by atoms with Crippen molar-refractivity contribution < 1.29 is 0 Å². The molecule has 1 aromatic rings. The van der Waals surface area contributed by atoms with Crippen LogP contribution >= 0.6 is 15.9 Å². The molecule has 0 aliphatic heterocycles. The molecule has 0 aliphatic rings. The summed E-state index contributed by atoms with van der Waals surface area (Å²) in [6, 6.07) is 8.24. The number of benzene rings is 1. The van der Waals surface area contributed by atoms with Crippen molar-refractivity contribution in [3.05, 3.63) is 52.5 Å². The number of hydrogen-bond acceptors (Lipinski definition) is 0. The van der Waals surface area contributed by atoms with E-state index in [9.17, 15) is 0 Å². The van der Waals surface area contributed by atoms with Crippen molar-refractivity contribution in [1.29, 1.82) is 0 Å². The van der Waals surface area contributed by atoms with E-state index in [1.807, 2.05) is 12.1 Å². The highest BCUT2D eigenvalue weighted by Crippen LogP contribution is 2.15. The molecule has 0 amide bonds. The largest absolute Gasteiger partial charge is 0.0979 e. The number of halogens is 1. The minimum Gasteiger partial charge on any atom is -0.0979 e. The first-order valence-electron chi connectivity index (χ1n) is 3.79. The lowest BCUT2D eigenvalue weighted by Gasteiger charge is -1.98. The minimum absolute atomic E-state index is 1.01. The van der Waals surface area contributed by atoms with Crippen molar-refractivity contribution in [1.82, 2.24) is 0 Å². The fourth-order valence-electron chi connectivity index (χ4n) is 0.956. The summed E-state index contributed by atoms with van der Waals surface area (Å²) in [4.78, 5) is 0. The number of hydrogen-bond donors (Lipinski definition) is 0. The monoisotopic (exact) mass is 222 g/mol. The summed E-state index contributed by atoms with van der Waals surface area (Å²) in [6.45, 7) is 5.76. The molecule has 0 saturated carbocycles. The summed E-state index contributed by atoms with van der Waals surface area (Å²) >= 11 is 3.39. The van der Waals surface area contributed by atoms with Crippen molar-refractivity contribution in [3.63, 3.8) is 0 Å². The molecule has 0 aromatic heterocycles. The first kappa shape index (κ1) is 9.27. The maximum absolute atomic E-state index is 3.67. The molecular formula is C11H11Br. The molecular weight excluding hydrogens is 212 g/mol. The van der Waals surface area contributed by atoms with Crippen LogP contribution in [-0.2, 0) is 0 Å². The third-order valence-electron chi connectivity index (χ3n) is 1.68. The Morgan fingerprint density at radius 1 is 1.42 bits per heavy atom. The Bertz CT molecular complexity index is 311. The van der Waals surface area contributed by atoms with Crippen molar-refractivity contribution in [2.45, 2.75) is 6.92 Å². The third kappa shape index (κ3) is 2.35. The molecule has 0 atom stereocenters. The Morgan fingerprint density at radius 3 is 2.67 bits per heavy atom. The predicted octanol–water partition coefficient (Wildman–Crippen LogP) is 3.92. The van der Waals surface area contributed by atoms with Gasteiger partial charge in [-0.2, -0.15) is 0 Å². The van der Waals surface area contributed by atoms with Crippen molar-refractivity contribution >= 4 is 22.0 Å². The second-order valence-corrected chi connectivity index (χ2v) is 3.51. The normalized spacial score (nSPS) is 11.3. The van der Waals surface area contributed by atoms with E-state index in [0.717, 1.165) is 4.48 Å². The van der Waals surface area contributed by atoms with Crippen LogP contribution in [0.2, 0.25) is 0 Å². The zero-order valence-corrected chi connectivity index (χ0v) is 8.64. The van der Waals surface area contributed by atoms with Crippen LogP contribution in [0.5, 0.6) is 0 Å². The van der Waals surface area contributed by atoms with E-state index >= 15 is 0 Å².